The monoisotopic (exact) mass is 566 g/mol. The molecule has 4 radical (unpaired) electrons. The zero-order chi connectivity index (χ0) is 18.3. The number of benzene rings is 1. The van der Waals surface area contributed by atoms with Crippen LogP contribution in [-0.4, -0.2) is 13.8 Å². The van der Waals surface area contributed by atoms with Gasteiger partial charge in [-0.05, 0) is 24.7 Å². The second-order valence-electron chi connectivity index (χ2n) is 7.78. The van der Waals surface area contributed by atoms with Crippen LogP contribution in [0.1, 0.15) is 43.9 Å². The van der Waals surface area contributed by atoms with Crippen molar-refractivity contribution in [1.29, 1.82) is 0 Å². The van der Waals surface area contributed by atoms with Crippen molar-refractivity contribution in [2.45, 2.75) is 46.5 Å². The molecule has 4 rings (SSSR count). The Balaban J connectivity index is -0.000000111. The molecule has 0 unspecified atom stereocenters. The van der Waals surface area contributed by atoms with E-state index in [-0.39, 0.29) is 75.0 Å². The normalized spacial score (nSPS) is 10.0. The molecule has 0 nitrogen and oxygen atoms in total. The van der Waals surface area contributed by atoms with Gasteiger partial charge in [-0.1, -0.05) is 38.3 Å². The average Bonchev–Trinajstić information content (AvgIpc) is 3.25. The first-order valence-corrected chi connectivity index (χ1v) is 17.3. The van der Waals surface area contributed by atoms with E-state index < -0.39 is 0 Å². The van der Waals surface area contributed by atoms with Crippen molar-refractivity contribution in [2.75, 3.05) is 0 Å². The third-order valence-corrected chi connectivity index (χ3v) is 4.32. The molecule has 0 amide bonds. The third-order valence-electron chi connectivity index (χ3n) is 4.32. The number of halogens is 2. The number of aryl methyl sites for hydroxylation is 2. The summed E-state index contributed by atoms with van der Waals surface area (Å²) in [4.78, 5) is 0. The van der Waals surface area contributed by atoms with Gasteiger partial charge in [-0.25, -0.2) is 6.07 Å². The van der Waals surface area contributed by atoms with Crippen LogP contribution >= 0.6 is 0 Å². The van der Waals surface area contributed by atoms with Crippen LogP contribution in [0.2, 0.25) is 0 Å². The van der Waals surface area contributed by atoms with E-state index in [1.165, 1.54) is 42.0 Å². The first kappa shape index (κ1) is 41.3. The van der Waals surface area contributed by atoms with Gasteiger partial charge in [-0.15, -0.1) is 29.0 Å². The minimum absolute atomic E-state index is 0. The molecular formula is C26H38Cl2Si2Zr-8. The molecule has 0 bridgehead atoms. The molecule has 1 aliphatic rings. The molecule has 0 saturated carbocycles. The van der Waals surface area contributed by atoms with E-state index in [2.05, 4.69) is 89.1 Å². The van der Waals surface area contributed by atoms with Gasteiger partial charge in [0, 0.05) is 0 Å². The predicted octanol–water partition coefficient (Wildman–Crippen LogP) is 1.09. The van der Waals surface area contributed by atoms with Crippen LogP contribution in [0.15, 0.2) is 54.6 Å². The quantitative estimate of drug-likeness (QED) is 0.305. The maximum atomic E-state index is 3.27. The van der Waals surface area contributed by atoms with E-state index in [1.807, 2.05) is 0 Å². The van der Waals surface area contributed by atoms with Gasteiger partial charge in [0.2, 0.25) is 0 Å². The smallest absolute Gasteiger partial charge is 0.0289 e. The summed E-state index contributed by atoms with van der Waals surface area (Å²) in [7, 11) is 0. The Labute approximate surface area is 221 Å². The van der Waals surface area contributed by atoms with Gasteiger partial charge in [0.1, 0.15) is 0 Å². The van der Waals surface area contributed by atoms with Crippen molar-refractivity contribution < 1.29 is 45.3 Å². The summed E-state index contributed by atoms with van der Waals surface area (Å²) in [6.45, 7) is 13.3. The van der Waals surface area contributed by atoms with Crippen LogP contribution in [0.25, 0.3) is 10.8 Å². The molecule has 0 heterocycles. The Kier molecular flexibility index (Phi) is 27.6. The van der Waals surface area contributed by atoms with Crippen LogP contribution in [0.5, 0.6) is 0 Å². The third kappa shape index (κ3) is 14.8. The van der Waals surface area contributed by atoms with Gasteiger partial charge >= 0.3 is 34.2 Å². The Morgan fingerprint density at radius 3 is 1.94 bits per heavy atom. The van der Waals surface area contributed by atoms with Crippen molar-refractivity contribution in [3.63, 3.8) is 0 Å². The zero-order valence-corrected chi connectivity index (χ0v) is 26.3. The van der Waals surface area contributed by atoms with Gasteiger partial charge in [0.25, 0.3) is 0 Å². The number of hydrogen-bond acceptors (Lipinski definition) is 0. The Hall–Kier alpha value is 0.0769. The Morgan fingerprint density at radius 2 is 1.45 bits per heavy atom. The molecule has 0 fully saturated rings. The molecule has 3 aromatic rings. The largest absolute Gasteiger partial charge is 0.168 e. The van der Waals surface area contributed by atoms with Crippen LogP contribution < -0.4 is 24.8 Å². The molecular weight excluding hydrogens is 531 g/mol. The number of fused-ring (bicyclic) bond motifs is 2. The minimum Gasteiger partial charge on any atom is -0.168 e. The zero-order valence-electron chi connectivity index (χ0n) is 20.3. The second-order valence-corrected chi connectivity index (χ2v) is 14.3. The van der Waals surface area contributed by atoms with E-state index in [9.17, 15) is 0 Å². The summed E-state index contributed by atoms with van der Waals surface area (Å²) in [5, 5.41) is 2.83. The van der Waals surface area contributed by atoms with Crippen molar-refractivity contribution in [3.05, 3.63) is 101 Å². The van der Waals surface area contributed by atoms with Gasteiger partial charge in [0.05, 0.1) is 0 Å². The van der Waals surface area contributed by atoms with E-state index >= 15 is 0 Å². The minimum atomic E-state index is -0.159. The SMILES string of the molecule is CC(C)(C)Cc1cc[cH-]c1.[CH3-].[CH3-].[CH3-].[CH3-].[Cl-].[Cl-].[Si]=[Zr]=[Si].c1cc2cc3c(cc2[cH-]1)CCC3. The van der Waals surface area contributed by atoms with E-state index in [0.717, 1.165) is 0 Å². The molecule has 0 spiro atoms. The van der Waals surface area contributed by atoms with Crippen LogP contribution in [0, 0.1) is 35.1 Å². The standard InChI is InChI=1S/C12H11.C10H15.4CH3.2ClH.2Si.Zr/c1-3-9-7-11-5-2-6-12(11)8-10(9)4-1;1-10(2,3)8-9-6-4-5-7-9;;;;;;;;;/h1,3-4,7-8H,2,5-6H2;4-7H,8H2,1-3H3;4*1H3;2*1H;;;/q6*-1;;;;;/p-2. The molecule has 0 aromatic heterocycles. The number of hydrogen-bond donors (Lipinski definition) is 0. The average molecular weight is 569 g/mol. The van der Waals surface area contributed by atoms with E-state index in [0.29, 0.717) is 5.41 Å². The molecule has 176 valence electrons. The molecule has 0 atom stereocenters. The van der Waals surface area contributed by atoms with Crippen molar-refractivity contribution in [3.8, 4) is 0 Å². The number of rotatable bonds is 1. The maximum absolute atomic E-state index is 3.27. The fraction of sp³-hybridized carbons (Fsp3) is 0.308. The van der Waals surface area contributed by atoms with Crippen molar-refractivity contribution in [1.82, 2.24) is 0 Å². The molecule has 0 N–H and O–H groups in total. The van der Waals surface area contributed by atoms with E-state index in [1.54, 1.807) is 11.1 Å². The van der Waals surface area contributed by atoms with Crippen LogP contribution in [0.3, 0.4) is 0 Å². The summed E-state index contributed by atoms with van der Waals surface area (Å²) < 4.78 is 0. The fourth-order valence-corrected chi connectivity index (χ4v) is 3.35. The second kappa shape index (κ2) is 20.7. The summed E-state index contributed by atoms with van der Waals surface area (Å²) in [5.74, 6) is 0. The maximum Gasteiger partial charge on any atom is -0.0289 e. The molecule has 0 saturated heterocycles. The van der Waals surface area contributed by atoms with Gasteiger partial charge in [-0.3, -0.25) is 0 Å². The fourth-order valence-electron chi connectivity index (χ4n) is 3.35. The summed E-state index contributed by atoms with van der Waals surface area (Å²) in [6.07, 6.45) is 5.11. The molecule has 31 heavy (non-hydrogen) atoms. The van der Waals surface area contributed by atoms with Crippen LogP contribution in [0.4, 0.5) is 0 Å². The van der Waals surface area contributed by atoms with Gasteiger partial charge in [-0.2, -0.15) is 35.9 Å². The topological polar surface area (TPSA) is 0 Å². The summed E-state index contributed by atoms with van der Waals surface area (Å²) in [6, 6.07) is 19.8. The molecule has 3 aromatic carbocycles. The molecule has 5 heteroatoms. The van der Waals surface area contributed by atoms with Crippen molar-refractivity contribution in [2.24, 2.45) is 5.41 Å². The summed E-state index contributed by atoms with van der Waals surface area (Å²) >= 11 is -0.159. The van der Waals surface area contributed by atoms with Gasteiger partial charge < -0.3 is 54.5 Å². The Bertz CT molecular complexity index is 787. The first-order chi connectivity index (χ1) is 11.9. The molecule has 0 aliphatic heterocycles. The summed E-state index contributed by atoms with van der Waals surface area (Å²) in [5.41, 5.74) is 5.03. The van der Waals surface area contributed by atoms with Crippen molar-refractivity contribution >= 4 is 24.5 Å². The first-order valence-electron chi connectivity index (χ1n) is 8.89. The Morgan fingerprint density at radius 1 is 0.903 bits per heavy atom. The van der Waals surface area contributed by atoms with Crippen LogP contribution in [-0.2, 0) is 39.7 Å². The molecule has 1 aliphatic carbocycles. The van der Waals surface area contributed by atoms with E-state index in [4.69, 9.17) is 0 Å². The van der Waals surface area contributed by atoms with Gasteiger partial charge in [0.15, 0.2) is 0 Å². The predicted molar refractivity (Wildman–Crippen MR) is 134 cm³/mol.